The van der Waals surface area contributed by atoms with Gasteiger partial charge in [-0.2, -0.15) is 0 Å². The monoisotopic (exact) mass is 313 g/mol. The Labute approximate surface area is 139 Å². The molecule has 1 atom stereocenters. The molecule has 0 bridgehead atoms. The highest BCUT2D eigenvalue weighted by molar-refractivity contribution is 5.49. The molecule has 0 aliphatic carbocycles. The van der Waals surface area contributed by atoms with Crippen LogP contribution >= 0.6 is 0 Å². The molecule has 0 amide bonds. The molecule has 0 radical (unpaired) electrons. The van der Waals surface area contributed by atoms with Crippen LogP contribution in [0.3, 0.4) is 0 Å². The molecule has 0 saturated carbocycles. The summed E-state index contributed by atoms with van der Waals surface area (Å²) in [6.07, 6.45) is 6.01. The van der Waals surface area contributed by atoms with Gasteiger partial charge in [-0.3, -0.25) is 0 Å². The van der Waals surface area contributed by atoms with Crippen molar-refractivity contribution in [2.45, 2.75) is 52.5 Å². The fraction of sp³-hybridized carbons (Fsp3) is 0.474. The normalized spacial score (nSPS) is 12.0. The van der Waals surface area contributed by atoms with Crippen LogP contribution in [0, 0.1) is 6.92 Å². The fourth-order valence-corrected chi connectivity index (χ4v) is 2.51. The van der Waals surface area contributed by atoms with Gasteiger partial charge in [-0.15, -0.1) is 0 Å². The minimum Gasteiger partial charge on any atom is -0.488 e. The Morgan fingerprint density at radius 2 is 2.00 bits per heavy atom. The van der Waals surface area contributed by atoms with E-state index in [4.69, 9.17) is 4.74 Å². The molecule has 0 aliphatic heterocycles. The standard InChI is InChI=1S/C19H27N3O/c1-4-9-15(2)21-19-18(14-20-16(3)22-19)23-13-8-12-17-10-6-5-7-11-17/h5-7,10-11,14-15H,4,8-9,12-13H2,1-3H3,(H,20,21,22). The number of nitrogens with zero attached hydrogens (tertiary/aromatic N) is 2. The van der Waals surface area contributed by atoms with Crippen LogP contribution < -0.4 is 10.1 Å². The molecule has 23 heavy (non-hydrogen) atoms. The SMILES string of the molecule is CCCC(C)Nc1nc(C)ncc1OCCCc1ccccc1. The molecule has 124 valence electrons. The third kappa shape index (κ3) is 5.89. The molecule has 4 nitrogen and oxygen atoms in total. The van der Waals surface area contributed by atoms with Gasteiger partial charge in [-0.05, 0) is 38.7 Å². The van der Waals surface area contributed by atoms with Crippen molar-refractivity contribution >= 4 is 5.82 Å². The van der Waals surface area contributed by atoms with E-state index in [9.17, 15) is 0 Å². The summed E-state index contributed by atoms with van der Waals surface area (Å²) < 4.78 is 5.91. The molecule has 1 unspecified atom stereocenters. The quantitative estimate of drug-likeness (QED) is 0.697. The maximum Gasteiger partial charge on any atom is 0.179 e. The molecule has 0 spiro atoms. The Morgan fingerprint density at radius 3 is 2.74 bits per heavy atom. The van der Waals surface area contributed by atoms with Crippen LogP contribution in [-0.4, -0.2) is 22.6 Å². The van der Waals surface area contributed by atoms with Crippen molar-refractivity contribution in [2.24, 2.45) is 0 Å². The van der Waals surface area contributed by atoms with E-state index in [2.05, 4.69) is 53.4 Å². The molecule has 0 aliphatic rings. The van der Waals surface area contributed by atoms with E-state index in [1.807, 2.05) is 13.0 Å². The van der Waals surface area contributed by atoms with Crippen LogP contribution in [0.5, 0.6) is 5.75 Å². The molecule has 1 heterocycles. The zero-order chi connectivity index (χ0) is 16.5. The van der Waals surface area contributed by atoms with Crippen molar-refractivity contribution < 1.29 is 4.74 Å². The Kier molecular flexibility index (Phi) is 6.85. The minimum atomic E-state index is 0.376. The largest absolute Gasteiger partial charge is 0.488 e. The molecule has 1 aromatic carbocycles. The van der Waals surface area contributed by atoms with E-state index in [0.29, 0.717) is 12.6 Å². The predicted octanol–water partition coefficient (Wildman–Crippen LogP) is 4.40. The van der Waals surface area contributed by atoms with E-state index in [1.54, 1.807) is 6.20 Å². The number of ether oxygens (including phenoxy) is 1. The van der Waals surface area contributed by atoms with Crippen LogP contribution in [0.25, 0.3) is 0 Å². The van der Waals surface area contributed by atoms with Gasteiger partial charge >= 0.3 is 0 Å². The highest BCUT2D eigenvalue weighted by Crippen LogP contribution is 2.22. The number of rotatable bonds is 9. The number of hydrogen-bond acceptors (Lipinski definition) is 4. The summed E-state index contributed by atoms with van der Waals surface area (Å²) in [6.45, 7) is 6.91. The lowest BCUT2D eigenvalue weighted by Crippen LogP contribution is -2.17. The Balaban J connectivity index is 1.88. The topological polar surface area (TPSA) is 47.0 Å². The van der Waals surface area contributed by atoms with Crippen molar-refractivity contribution in [3.63, 3.8) is 0 Å². The van der Waals surface area contributed by atoms with Gasteiger partial charge in [0.15, 0.2) is 11.6 Å². The average molecular weight is 313 g/mol. The number of hydrogen-bond donors (Lipinski definition) is 1. The number of aryl methyl sites for hydroxylation is 2. The van der Waals surface area contributed by atoms with E-state index < -0.39 is 0 Å². The van der Waals surface area contributed by atoms with Gasteiger partial charge in [0.05, 0.1) is 12.8 Å². The van der Waals surface area contributed by atoms with Crippen molar-refractivity contribution in [1.82, 2.24) is 9.97 Å². The van der Waals surface area contributed by atoms with Crippen molar-refractivity contribution in [3.05, 3.63) is 47.9 Å². The van der Waals surface area contributed by atoms with Crippen LogP contribution in [0.4, 0.5) is 5.82 Å². The predicted molar refractivity (Wildman–Crippen MR) is 95.0 cm³/mol. The molecule has 1 N–H and O–H groups in total. The van der Waals surface area contributed by atoms with Crippen molar-refractivity contribution in [1.29, 1.82) is 0 Å². The second-order valence-electron chi connectivity index (χ2n) is 5.90. The number of aromatic nitrogens is 2. The van der Waals surface area contributed by atoms with E-state index in [0.717, 1.165) is 43.1 Å². The second-order valence-corrected chi connectivity index (χ2v) is 5.90. The maximum absolute atomic E-state index is 5.91. The van der Waals surface area contributed by atoms with Gasteiger partial charge in [-0.25, -0.2) is 9.97 Å². The van der Waals surface area contributed by atoms with Gasteiger partial charge in [0, 0.05) is 6.04 Å². The van der Waals surface area contributed by atoms with Gasteiger partial charge in [-0.1, -0.05) is 43.7 Å². The van der Waals surface area contributed by atoms with Gasteiger partial charge in [0.25, 0.3) is 0 Å². The van der Waals surface area contributed by atoms with E-state index >= 15 is 0 Å². The molecule has 2 rings (SSSR count). The summed E-state index contributed by atoms with van der Waals surface area (Å²) in [4.78, 5) is 8.74. The van der Waals surface area contributed by atoms with Crippen LogP contribution in [0.15, 0.2) is 36.5 Å². The smallest absolute Gasteiger partial charge is 0.179 e. The van der Waals surface area contributed by atoms with Gasteiger partial charge < -0.3 is 10.1 Å². The molecular weight excluding hydrogens is 286 g/mol. The first-order chi connectivity index (χ1) is 11.2. The second kappa shape index (κ2) is 9.13. The maximum atomic E-state index is 5.91. The third-order valence-electron chi connectivity index (χ3n) is 3.69. The average Bonchev–Trinajstić information content (AvgIpc) is 2.54. The van der Waals surface area contributed by atoms with E-state index in [1.165, 1.54) is 5.56 Å². The molecule has 4 heteroatoms. The van der Waals surface area contributed by atoms with Crippen LogP contribution in [-0.2, 0) is 6.42 Å². The number of benzene rings is 1. The molecule has 1 aromatic heterocycles. The number of nitrogens with one attached hydrogen (secondary N) is 1. The third-order valence-corrected chi connectivity index (χ3v) is 3.69. The van der Waals surface area contributed by atoms with Crippen molar-refractivity contribution in [3.8, 4) is 5.75 Å². The first-order valence-electron chi connectivity index (χ1n) is 8.46. The molecule has 0 fully saturated rings. The summed E-state index contributed by atoms with van der Waals surface area (Å²) in [5.41, 5.74) is 1.34. The summed E-state index contributed by atoms with van der Waals surface area (Å²) in [7, 11) is 0. The van der Waals surface area contributed by atoms with Gasteiger partial charge in [0.1, 0.15) is 5.82 Å². The van der Waals surface area contributed by atoms with E-state index in [-0.39, 0.29) is 0 Å². The Hall–Kier alpha value is -2.10. The Morgan fingerprint density at radius 1 is 1.22 bits per heavy atom. The minimum absolute atomic E-state index is 0.376. The van der Waals surface area contributed by atoms with Crippen LogP contribution in [0.1, 0.15) is 44.5 Å². The first-order valence-corrected chi connectivity index (χ1v) is 8.46. The molecule has 0 saturated heterocycles. The highest BCUT2D eigenvalue weighted by Gasteiger charge is 2.10. The summed E-state index contributed by atoms with van der Waals surface area (Å²) in [6, 6.07) is 10.9. The van der Waals surface area contributed by atoms with Crippen LogP contribution in [0.2, 0.25) is 0 Å². The number of anilines is 1. The van der Waals surface area contributed by atoms with Gasteiger partial charge in [0.2, 0.25) is 0 Å². The fourth-order valence-electron chi connectivity index (χ4n) is 2.51. The Bertz CT molecular complexity index is 586. The summed E-state index contributed by atoms with van der Waals surface area (Å²) in [5.74, 6) is 2.30. The summed E-state index contributed by atoms with van der Waals surface area (Å²) >= 11 is 0. The lowest BCUT2D eigenvalue weighted by molar-refractivity contribution is 0.309. The zero-order valence-corrected chi connectivity index (χ0v) is 14.4. The lowest BCUT2D eigenvalue weighted by Gasteiger charge is -2.17. The molecule has 2 aromatic rings. The first kappa shape index (κ1) is 17.3. The zero-order valence-electron chi connectivity index (χ0n) is 14.4. The molecular formula is C19H27N3O. The highest BCUT2D eigenvalue weighted by atomic mass is 16.5. The lowest BCUT2D eigenvalue weighted by atomic mass is 10.1. The summed E-state index contributed by atoms with van der Waals surface area (Å²) in [5, 5.41) is 3.43. The van der Waals surface area contributed by atoms with Crippen molar-refractivity contribution in [2.75, 3.05) is 11.9 Å².